The Labute approximate surface area is 316 Å². The van der Waals surface area contributed by atoms with Crippen LogP contribution in [0.2, 0.25) is 0 Å². The molecule has 7 rings (SSSR count). The fraction of sp³-hybridized carbons (Fsp3) is 0.667. The molecule has 1 aromatic heterocycles. The van der Waals surface area contributed by atoms with E-state index in [0.717, 1.165) is 48.7 Å². The van der Waals surface area contributed by atoms with Crippen LogP contribution < -0.4 is 24.8 Å². The van der Waals surface area contributed by atoms with E-state index in [9.17, 15) is 27.6 Å². The van der Waals surface area contributed by atoms with Gasteiger partial charge in [-0.2, -0.15) is 0 Å². The summed E-state index contributed by atoms with van der Waals surface area (Å²) >= 11 is 0. The Morgan fingerprint density at radius 3 is 2.54 bits per heavy atom. The van der Waals surface area contributed by atoms with Gasteiger partial charge in [0.1, 0.15) is 41.3 Å². The number of aromatic nitrogens is 1. The van der Waals surface area contributed by atoms with Crippen LogP contribution in [0.25, 0.3) is 10.9 Å². The quantitative estimate of drug-likeness (QED) is 0.371. The predicted octanol–water partition coefficient (Wildman–Crippen LogP) is 4.13. The number of sulfonamides is 1. The van der Waals surface area contributed by atoms with Gasteiger partial charge in [0.15, 0.2) is 0 Å². The molecule has 3 saturated carbocycles. The summed E-state index contributed by atoms with van der Waals surface area (Å²) in [5.41, 5.74) is -0.613. The number of nitrogens with zero attached hydrogens (tertiary/aromatic N) is 2. The Morgan fingerprint density at radius 2 is 1.85 bits per heavy atom. The number of aryl methyl sites for hydroxylation is 1. The van der Waals surface area contributed by atoms with Crippen LogP contribution in [0.3, 0.4) is 0 Å². The smallest absolute Gasteiger partial charge is 0.408 e. The fourth-order valence-electron chi connectivity index (χ4n) is 8.08. The minimum Gasteiger partial charge on any atom is -0.497 e. The fourth-order valence-corrected chi connectivity index (χ4v) is 9.44. The molecule has 0 spiro atoms. The Hall–Kier alpha value is -4.14. The molecule has 3 heterocycles. The molecule has 3 aliphatic carbocycles. The minimum absolute atomic E-state index is 0.0208. The van der Waals surface area contributed by atoms with Gasteiger partial charge in [0.2, 0.25) is 21.8 Å². The summed E-state index contributed by atoms with van der Waals surface area (Å²) in [6.45, 7) is 7.39. The lowest BCUT2D eigenvalue weighted by Gasteiger charge is -2.35. The van der Waals surface area contributed by atoms with Crippen LogP contribution in [0.4, 0.5) is 4.79 Å². The first-order valence-electron chi connectivity index (χ1n) is 19.4. The van der Waals surface area contributed by atoms with Gasteiger partial charge in [0, 0.05) is 11.8 Å². The Balaban J connectivity index is 1.21. The summed E-state index contributed by atoms with van der Waals surface area (Å²) in [4.78, 5) is 62.2. The molecule has 3 N–H and O–H groups in total. The monoisotopic (exact) mass is 767 g/mol. The molecule has 2 aliphatic heterocycles. The zero-order valence-corrected chi connectivity index (χ0v) is 32.6. The molecule has 2 unspecified atom stereocenters. The zero-order chi connectivity index (χ0) is 38.6. The third kappa shape index (κ3) is 7.97. The van der Waals surface area contributed by atoms with Gasteiger partial charge in [-0.1, -0.05) is 47.0 Å². The molecule has 1 aromatic carbocycles. The first-order chi connectivity index (χ1) is 25.6. The van der Waals surface area contributed by atoms with Gasteiger partial charge >= 0.3 is 6.09 Å². The molecular formula is C39H53N5O9S. The topological polar surface area (TPSA) is 182 Å². The predicted molar refractivity (Wildman–Crippen MR) is 199 cm³/mol. The number of fused-ring (bicyclic) bond motifs is 5. The number of hydrogen-bond acceptors (Lipinski definition) is 10. The maximum atomic E-state index is 14.6. The molecule has 2 bridgehead atoms. The van der Waals surface area contributed by atoms with Gasteiger partial charge in [-0.25, -0.2) is 18.2 Å². The van der Waals surface area contributed by atoms with Gasteiger partial charge in [0.05, 0.1) is 30.1 Å². The summed E-state index contributed by atoms with van der Waals surface area (Å²) in [6.07, 6.45) is 5.55. The lowest BCUT2D eigenvalue weighted by molar-refractivity contribution is -0.143. The van der Waals surface area contributed by atoms with E-state index in [-0.39, 0.29) is 37.3 Å². The highest BCUT2D eigenvalue weighted by atomic mass is 32.2. The maximum Gasteiger partial charge on any atom is 0.408 e. The van der Waals surface area contributed by atoms with Crippen molar-refractivity contribution >= 4 is 44.7 Å². The van der Waals surface area contributed by atoms with Crippen molar-refractivity contribution in [1.29, 1.82) is 0 Å². The third-order valence-electron chi connectivity index (χ3n) is 11.7. The van der Waals surface area contributed by atoms with E-state index in [0.29, 0.717) is 37.2 Å². The molecule has 4 fully saturated rings. The summed E-state index contributed by atoms with van der Waals surface area (Å²) in [5, 5.41) is 5.93. The Morgan fingerprint density at radius 1 is 1.07 bits per heavy atom. The summed E-state index contributed by atoms with van der Waals surface area (Å²) in [6, 6.07) is 5.46. The van der Waals surface area contributed by atoms with Crippen molar-refractivity contribution in [3.8, 4) is 11.5 Å². The molecule has 0 radical (unpaired) electrons. The van der Waals surface area contributed by atoms with Crippen molar-refractivity contribution in [2.75, 3.05) is 13.7 Å². The van der Waals surface area contributed by atoms with E-state index < -0.39 is 68.2 Å². The largest absolute Gasteiger partial charge is 0.497 e. The maximum absolute atomic E-state index is 14.6. The number of carbonyl (C=O) groups is 4. The van der Waals surface area contributed by atoms with Crippen LogP contribution in [-0.4, -0.2) is 90.9 Å². The summed E-state index contributed by atoms with van der Waals surface area (Å²) < 4.78 is 45.7. The number of benzene rings is 1. The van der Waals surface area contributed by atoms with Gasteiger partial charge in [-0.3, -0.25) is 19.1 Å². The standard InChI is InChI=1S/C39H53N5O9S/c1-6-24-20-39(24,36(47)43-54(49,50)27-13-14-27)42-34(45)30-19-26-21-44(30)35(46)33(38(2,3)4)41-37(48)53-31-17-22(31)10-8-7-9-11-29-32(52-26)18-23-16-25(51-5)12-15-28(23)40-29/h12,15-16,18,22,24,26-27,30-31,33H,6-11,13-14,17,19-21H2,1-5H3,(H,41,48)(H,42,45)(H,43,47)/t22-,24+,26?,30-,31-,33?,39+/m0/s1. The molecule has 15 heteroatoms. The van der Waals surface area contributed by atoms with Crippen LogP contribution in [0, 0.1) is 17.3 Å². The van der Waals surface area contributed by atoms with E-state index in [1.54, 1.807) is 7.11 Å². The molecular weight excluding hydrogens is 715 g/mol. The average molecular weight is 768 g/mol. The van der Waals surface area contributed by atoms with E-state index in [2.05, 4.69) is 15.4 Å². The highest BCUT2D eigenvalue weighted by Gasteiger charge is 2.62. The molecule has 4 amide bonds. The van der Waals surface area contributed by atoms with Gasteiger partial charge in [-0.15, -0.1) is 0 Å². The Bertz CT molecular complexity index is 1930. The van der Waals surface area contributed by atoms with Crippen LogP contribution in [-0.2, 0) is 35.6 Å². The number of methoxy groups -OCH3 is 1. The number of ether oxygens (including phenoxy) is 3. The van der Waals surface area contributed by atoms with Crippen LogP contribution >= 0.6 is 0 Å². The summed E-state index contributed by atoms with van der Waals surface area (Å²) in [5.74, 6) is -0.605. The molecule has 7 atom stereocenters. The van der Waals surface area contributed by atoms with Crippen LogP contribution in [0.5, 0.6) is 11.5 Å². The highest BCUT2D eigenvalue weighted by Crippen LogP contribution is 2.47. The van der Waals surface area contributed by atoms with Crippen molar-refractivity contribution in [2.45, 2.75) is 133 Å². The first kappa shape index (κ1) is 38.1. The van der Waals surface area contributed by atoms with Crippen molar-refractivity contribution in [2.24, 2.45) is 17.3 Å². The molecule has 2 aromatic rings. The van der Waals surface area contributed by atoms with Gasteiger partial charge in [0.25, 0.3) is 5.91 Å². The highest BCUT2D eigenvalue weighted by molar-refractivity contribution is 7.91. The Kier molecular flexibility index (Phi) is 10.2. The number of alkyl carbamates (subject to hydrolysis) is 1. The van der Waals surface area contributed by atoms with Crippen molar-refractivity contribution in [3.05, 3.63) is 30.0 Å². The molecule has 14 nitrogen and oxygen atoms in total. The molecule has 54 heavy (non-hydrogen) atoms. The number of rotatable bonds is 7. The van der Waals surface area contributed by atoms with E-state index in [1.807, 2.05) is 52.0 Å². The number of nitrogens with one attached hydrogen (secondary N) is 3. The van der Waals surface area contributed by atoms with Crippen molar-refractivity contribution < 1.29 is 41.8 Å². The molecule has 294 valence electrons. The van der Waals surface area contributed by atoms with E-state index in [1.165, 1.54) is 4.90 Å². The number of amides is 4. The molecule has 1 saturated heterocycles. The molecule has 5 aliphatic rings. The second kappa shape index (κ2) is 14.5. The lowest BCUT2D eigenvalue weighted by Crippen LogP contribution is -2.60. The van der Waals surface area contributed by atoms with Crippen molar-refractivity contribution in [3.63, 3.8) is 0 Å². The zero-order valence-electron chi connectivity index (χ0n) is 31.8. The van der Waals surface area contributed by atoms with Gasteiger partial charge < -0.3 is 29.7 Å². The van der Waals surface area contributed by atoms with Crippen molar-refractivity contribution in [1.82, 2.24) is 25.2 Å². The normalized spacial score (nSPS) is 30.4. The first-order valence-corrected chi connectivity index (χ1v) is 21.0. The SMILES string of the molecule is CC[C@@H]1C[C@]1(NC(=O)[C@@H]1CC2CN1C(=O)C(C(C)(C)C)NC(=O)O[C@H]1C[C@@H]1CCCCCc1nc3ccc(OC)cc3cc1O2)C(=O)NS(=O)(=O)C1CC1. The second-order valence-corrected chi connectivity index (χ2v) is 18.9. The van der Waals surface area contributed by atoms with E-state index >= 15 is 0 Å². The van der Waals surface area contributed by atoms with Crippen LogP contribution in [0.15, 0.2) is 24.3 Å². The number of hydrogen-bond donors (Lipinski definition) is 3. The third-order valence-corrected chi connectivity index (χ3v) is 13.5. The minimum atomic E-state index is -3.86. The lowest BCUT2D eigenvalue weighted by atomic mass is 9.85. The van der Waals surface area contributed by atoms with Crippen LogP contribution in [0.1, 0.15) is 97.6 Å². The van der Waals surface area contributed by atoms with Gasteiger partial charge in [-0.05, 0) is 86.5 Å². The van der Waals surface area contributed by atoms with E-state index in [4.69, 9.17) is 19.2 Å². The number of pyridine rings is 1. The average Bonchev–Trinajstić information content (AvgIpc) is 4.04. The number of carbonyl (C=O) groups excluding carboxylic acids is 4. The summed E-state index contributed by atoms with van der Waals surface area (Å²) in [7, 11) is -2.26. The second-order valence-electron chi connectivity index (χ2n) is 16.9.